The Balaban J connectivity index is 0.000000791. The number of hydrogen-bond acceptors (Lipinski definition) is 0. The van der Waals surface area contributed by atoms with E-state index in [9.17, 15) is 8.78 Å². The van der Waals surface area contributed by atoms with Crippen LogP contribution >= 0.6 is 0 Å². The standard InChI is InChI=1S/C10H12F2.C2H6/c1-3-7(2)10-8(11)5-4-6-9(10)12;1-2/h4-7H,3H2,1-2H3;1-2H3. The number of rotatable bonds is 2. The molecule has 2 heteroatoms. The molecule has 0 aliphatic carbocycles. The largest absolute Gasteiger partial charge is 0.207 e. The second kappa shape index (κ2) is 6.52. The molecule has 0 saturated carbocycles. The fraction of sp³-hybridized carbons (Fsp3) is 0.500. The molecule has 0 amide bonds. The van der Waals surface area contributed by atoms with Gasteiger partial charge in [0.15, 0.2) is 0 Å². The highest BCUT2D eigenvalue weighted by Crippen LogP contribution is 2.24. The van der Waals surface area contributed by atoms with Crippen LogP contribution in [0.1, 0.15) is 45.6 Å². The van der Waals surface area contributed by atoms with Gasteiger partial charge in [-0.25, -0.2) is 8.78 Å². The maximum absolute atomic E-state index is 13.0. The summed E-state index contributed by atoms with van der Waals surface area (Å²) in [6.07, 6.45) is 0.748. The van der Waals surface area contributed by atoms with Crippen LogP contribution in [0.2, 0.25) is 0 Å². The molecule has 0 aromatic heterocycles. The van der Waals surface area contributed by atoms with E-state index in [1.165, 1.54) is 18.2 Å². The van der Waals surface area contributed by atoms with Crippen LogP contribution in [0.15, 0.2) is 18.2 Å². The molecule has 0 radical (unpaired) electrons. The Hall–Kier alpha value is -0.920. The third-order valence-corrected chi connectivity index (χ3v) is 2.10. The van der Waals surface area contributed by atoms with Crippen molar-refractivity contribution in [3.8, 4) is 0 Å². The number of hydrogen-bond donors (Lipinski definition) is 0. The van der Waals surface area contributed by atoms with Gasteiger partial charge in [-0.2, -0.15) is 0 Å². The zero-order valence-electron chi connectivity index (χ0n) is 9.27. The molecule has 1 atom stereocenters. The van der Waals surface area contributed by atoms with Crippen LogP contribution < -0.4 is 0 Å². The third kappa shape index (κ3) is 3.09. The fourth-order valence-electron chi connectivity index (χ4n) is 1.19. The van der Waals surface area contributed by atoms with E-state index < -0.39 is 11.6 Å². The van der Waals surface area contributed by atoms with Crippen molar-refractivity contribution < 1.29 is 8.78 Å². The summed E-state index contributed by atoms with van der Waals surface area (Å²) in [5.41, 5.74) is 0.208. The Bertz CT molecular complexity index is 249. The van der Waals surface area contributed by atoms with Crippen molar-refractivity contribution in [3.05, 3.63) is 35.4 Å². The van der Waals surface area contributed by atoms with Crippen molar-refractivity contribution in [1.29, 1.82) is 0 Å². The van der Waals surface area contributed by atoms with E-state index in [4.69, 9.17) is 0 Å². The summed E-state index contributed by atoms with van der Waals surface area (Å²) in [4.78, 5) is 0. The molecular weight excluding hydrogens is 182 g/mol. The average Bonchev–Trinajstić information content (AvgIpc) is 2.20. The fourth-order valence-corrected chi connectivity index (χ4v) is 1.19. The number of halogens is 2. The van der Waals surface area contributed by atoms with Crippen LogP contribution in [-0.2, 0) is 0 Å². The summed E-state index contributed by atoms with van der Waals surface area (Å²) >= 11 is 0. The monoisotopic (exact) mass is 200 g/mol. The smallest absolute Gasteiger partial charge is 0.129 e. The molecule has 0 aliphatic heterocycles. The molecule has 14 heavy (non-hydrogen) atoms. The lowest BCUT2D eigenvalue weighted by molar-refractivity contribution is 0.528. The SMILES string of the molecule is CC.CCC(C)c1c(F)cccc1F. The molecule has 0 bridgehead atoms. The zero-order chi connectivity index (χ0) is 11.1. The maximum Gasteiger partial charge on any atom is 0.129 e. The Morgan fingerprint density at radius 2 is 1.57 bits per heavy atom. The molecule has 1 aromatic rings. The molecule has 0 nitrogen and oxygen atoms in total. The summed E-state index contributed by atoms with van der Waals surface area (Å²) < 4.78 is 26.1. The van der Waals surface area contributed by atoms with E-state index in [2.05, 4.69) is 0 Å². The van der Waals surface area contributed by atoms with Crippen molar-refractivity contribution >= 4 is 0 Å². The Kier molecular flexibility index (Phi) is 6.09. The van der Waals surface area contributed by atoms with E-state index in [0.717, 1.165) is 6.42 Å². The maximum atomic E-state index is 13.0. The van der Waals surface area contributed by atoms with Crippen molar-refractivity contribution in [3.63, 3.8) is 0 Å². The summed E-state index contributed by atoms with van der Waals surface area (Å²) in [5, 5.41) is 0. The van der Waals surface area contributed by atoms with Crippen molar-refractivity contribution in [1.82, 2.24) is 0 Å². The van der Waals surface area contributed by atoms with Gasteiger partial charge in [-0.05, 0) is 24.5 Å². The first kappa shape index (κ1) is 13.1. The van der Waals surface area contributed by atoms with E-state index >= 15 is 0 Å². The van der Waals surface area contributed by atoms with Crippen LogP contribution in [0.3, 0.4) is 0 Å². The Morgan fingerprint density at radius 1 is 1.14 bits per heavy atom. The van der Waals surface area contributed by atoms with E-state index in [1.807, 2.05) is 27.7 Å². The third-order valence-electron chi connectivity index (χ3n) is 2.10. The highest BCUT2D eigenvalue weighted by molar-refractivity contribution is 5.22. The van der Waals surface area contributed by atoms with Crippen LogP contribution in [-0.4, -0.2) is 0 Å². The first-order chi connectivity index (χ1) is 6.66. The molecule has 1 unspecified atom stereocenters. The molecule has 0 heterocycles. The first-order valence-electron chi connectivity index (χ1n) is 5.10. The van der Waals surface area contributed by atoms with Gasteiger partial charge in [0.05, 0.1) is 0 Å². The lowest BCUT2D eigenvalue weighted by atomic mass is 9.98. The van der Waals surface area contributed by atoms with Gasteiger partial charge in [0, 0.05) is 5.56 Å². The average molecular weight is 200 g/mol. The predicted octanol–water partition coefficient (Wildman–Crippen LogP) is 4.50. The minimum atomic E-state index is -0.440. The van der Waals surface area contributed by atoms with Gasteiger partial charge in [-0.3, -0.25) is 0 Å². The minimum absolute atomic E-state index is 0.0498. The quantitative estimate of drug-likeness (QED) is 0.659. The van der Waals surface area contributed by atoms with Gasteiger partial charge in [0.25, 0.3) is 0 Å². The Labute approximate surface area is 85.0 Å². The zero-order valence-corrected chi connectivity index (χ0v) is 9.27. The van der Waals surface area contributed by atoms with Gasteiger partial charge in [-0.1, -0.05) is 33.8 Å². The molecular formula is C12H18F2. The lowest BCUT2D eigenvalue weighted by Gasteiger charge is -2.10. The van der Waals surface area contributed by atoms with Crippen LogP contribution in [0.25, 0.3) is 0 Å². The van der Waals surface area contributed by atoms with Gasteiger partial charge in [-0.15, -0.1) is 0 Å². The normalized spacial score (nSPS) is 11.6. The molecule has 1 aromatic carbocycles. The molecule has 0 saturated heterocycles. The van der Waals surface area contributed by atoms with Crippen molar-refractivity contribution in [2.45, 2.75) is 40.0 Å². The summed E-state index contributed by atoms with van der Waals surface area (Å²) in [6.45, 7) is 7.73. The minimum Gasteiger partial charge on any atom is -0.207 e. The Morgan fingerprint density at radius 3 is 1.93 bits per heavy atom. The summed E-state index contributed by atoms with van der Waals surface area (Å²) in [7, 11) is 0. The van der Waals surface area contributed by atoms with Gasteiger partial charge in [0.1, 0.15) is 11.6 Å². The molecule has 80 valence electrons. The van der Waals surface area contributed by atoms with Gasteiger partial charge in [0.2, 0.25) is 0 Å². The van der Waals surface area contributed by atoms with E-state index in [1.54, 1.807) is 0 Å². The van der Waals surface area contributed by atoms with Crippen LogP contribution in [0.5, 0.6) is 0 Å². The van der Waals surface area contributed by atoms with Gasteiger partial charge < -0.3 is 0 Å². The topological polar surface area (TPSA) is 0 Å². The molecule has 0 N–H and O–H groups in total. The summed E-state index contributed by atoms with van der Waals surface area (Å²) in [6, 6.07) is 3.98. The van der Waals surface area contributed by atoms with Crippen LogP contribution in [0, 0.1) is 11.6 Å². The summed E-state index contributed by atoms with van der Waals surface area (Å²) in [5.74, 6) is -0.931. The number of benzene rings is 1. The lowest BCUT2D eigenvalue weighted by Crippen LogP contribution is -1.99. The van der Waals surface area contributed by atoms with Crippen molar-refractivity contribution in [2.24, 2.45) is 0 Å². The first-order valence-corrected chi connectivity index (χ1v) is 5.10. The second-order valence-electron chi connectivity index (χ2n) is 2.94. The molecule has 0 fully saturated rings. The molecule has 0 spiro atoms. The predicted molar refractivity (Wildman–Crippen MR) is 56.4 cm³/mol. The second-order valence-corrected chi connectivity index (χ2v) is 2.94. The highest BCUT2D eigenvalue weighted by Gasteiger charge is 2.13. The van der Waals surface area contributed by atoms with Crippen molar-refractivity contribution in [2.75, 3.05) is 0 Å². The molecule has 1 rings (SSSR count). The highest BCUT2D eigenvalue weighted by atomic mass is 19.1. The van der Waals surface area contributed by atoms with E-state index in [-0.39, 0.29) is 11.5 Å². The van der Waals surface area contributed by atoms with Gasteiger partial charge >= 0.3 is 0 Å². The van der Waals surface area contributed by atoms with Crippen LogP contribution in [0.4, 0.5) is 8.78 Å². The molecule has 0 aliphatic rings. The van der Waals surface area contributed by atoms with E-state index in [0.29, 0.717) is 0 Å².